The molecule has 0 aromatic heterocycles. The van der Waals surface area contributed by atoms with E-state index < -0.39 is 0 Å². The van der Waals surface area contributed by atoms with Gasteiger partial charge >= 0.3 is 0 Å². The fraction of sp³-hybridized carbons (Fsp3) is 0.600. The molecule has 1 N–H and O–H groups in total. The monoisotopic (exact) mass is 235 g/mol. The molecule has 2 unspecified atom stereocenters. The van der Waals surface area contributed by atoms with Crippen molar-refractivity contribution in [1.82, 2.24) is 5.32 Å². The Morgan fingerprint density at radius 3 is 2.65 bits per heavy atom. The minimum Gasteiger partial charge on any atom is -0.307 e. The van der Waals surface area contributed by atoms with Gasteiger partial charge in [-0.25, -0.2) is 4.39 Å². The smallest absolute Gasteiger partial charge is 0.126 e. The van der Waals surface area contributed by atoms with Gasteiger partial charge in [-0.05, 0) is 56.2 Å². The Morgan fingerprint density at radius 2 is 2.12 bits per heavy atom. The highest BCUT2D eigenvalue weighted by Gasteiger charge is 2.30. The van der Waals surface area contributed by atoms with Crippen LogP contribution < -0.4 is 5.32 Å². The van der Waals surface area contributed by atoms with E-state index in [-0.39, 0.29) is 11.9 Å². The van der Waals surface area contributed by atoms with Crippen LogP contribution >= 0.6 is 0 Å². The highest BCUT2D eigenvalue weighted by atomic mass is 19.1. The maximum atomic E-state index is 13.5. The van der Waals surface area contributed by atoms with E-state index in [1.54, 1.807) is 13.0 Å². The van der Waals surface area contributed by atoms with Gasteiger partial charge in [-0.15, -0.1) is 0 Å². The summed E-state index contributed by atoms with van der Waals surface area (Å²) in [7, 11) is 0. The molecular formula is C15H22FN. The van der Waals surface area contributed by atoms with Crippen molar-refractivity contribution in [3.8, 4) is 0 Å². The summed E-state index contributed by atoms with van der Waals surface area (Å²) in [5, 5.41) is 3.62. The van der Waals surface area contributed by atoms with Crippen molar-refractivity contribution >= 4 is 0 Å². The van der Waals surface area contributed by atoms with Crippen molar-refractivity contribution in [3.63, 3.8) is 0 Å². The molecule has 0 heterocycles. The molecule has 0 aliphatic heterocycles. The standard InChI is InChI=1S/C15H22FN/c1-4-15(12-7-8-12)17-11(3)13-6-5-10(2)14(16)9-13/h5-6,9,11-12,15,17H,4,7-8H2,1-3H3. The van der Waals surface area contributed by atoms with E-state index in [4.69, 9.17) is 0 Å². The molecule has 2 rings (SSSR count). The van der Waals surface area contributed by atoms with Crippen molar-refractivity contribution in [1.29, 1.82) is 0 Å². The topological polar surface area (TPSA) is 12.0 Å². The summed E-state index contributed by atoms with van der Waals surface area (Å²) in [6.45, 7) is 6.14. The number of halogens is 1. The largest absolute Gasteiger partial charge is 0.307 e. The van der Waals surface area contributed by atoms with Gasteiger partial charge in [0.1, 0.15) is 5.82 Å². The Morgan fingerprint density at radius 1 is 1.41 bits per heavy atom. The summed E-state index contributed by atoms with van der Waals surface area (Å²) in [4.78, 5) is 0. The Bertz CT molecular complexity index is 385. The molecule has 94 valence electrons. The molecule has 1 aromatic rings. The van der Waals surface area contributed by atoms with Gasteiger partial charge in [-0.2, -0.15) is 0 Å². The number of hydrogen-bond donors (Lipinski definition) is 1. The lowest BCUT2D eigenvalue weighted by Gasteiger charge is -2.22. The van der Waals surface area contributed by atoms with Crippen LogP contribution in [0.1, 0.15) is 50.3 Å². The van der Waals surface area contributed by atoms with Gasteiger partial charge < -0.3 is 5.32 Å². The van der Waals surface area contributed by atoms with Gasteiger partial charge in [0.15, 0.2) is 0 Å². The zero-order chi connectivity index (χ0) is 12.4. The first-order valence-corrected chi connectivity index (χ1v) is 6.64. The zero-order valence-electron chi connectivity index (χ0n) is 11.0. The Kier molecular flexibility index (Phi) is 3.82. The molecule has 1 aliphatic carbocycles. The second kappa shape index (κ2) is 5.18. The average Bonchev–Trinajstić information content (AvgIpc) is 3.13. The van der Waals surface area contributed by atoms with Gasteiger partial charge in [0.05, 0.1) is 0 Å². The second-order valence-electron chi connectivity index (χ2n) is 5.25. The van der Waals surface area contributed by atoms with E-state index in [0.717, 1.165) is 23.5 Å². The fourth-order valence-electron chi connectivity index (χ4n) is 2.38. The van der Waals surface area contributed by atoms with Crippen molar-refractivity contribution in [3.05, 3.63) is 35.1 Å². The molecule has 0 saturated heterocycles. The van der Waals surface area contributed by atoms with Crippen LogP contribution in [0, 0.1) is 18.7 Å². The van der Waals surface area contributed by atoms with Crippen LogP contribution in [0.25, 0.3) is 0 Å². The lowest BCUT2D eigenvalue weighted by molar-refractivity contribution is 0.404. The van der Waals surface area contributed by atoms with Crippen LogP contribution in [-0.4, -0.2) is 6.04 Å². The summed E-state index contributed by atoms with van der Waals surface area (Å²) in [6, 6.07) is 6.37. The zero-order valence-corrected chi connectivity index (χ0v) is 11.0. The van der Waals surface area contributed by atoms with E-state index in [1.165, 1.54) is 12.8 Å². The molecule has 2 atom stereocenters. The summed E-state index contributed by atoms with van der Waals surface area (Å²) >= 11 is 0. The molecule has 0 bridgehead atoms. The molecule has 1 saturated carbocycles. The Balaban J connectivity index is 2.02. The minimum absolute atomic E-state index is 0.101. The highest BCUT2D eigenvalue weighted by molar-refractivity contribution is 5.25. The van der Waals surface area contributed by atoms with Crippen molar-refractivity contribution in [2.75, 3.05) is 0 Å². The quantitative estimate of drug-likeness (QED) is 0.814. The summed E-state index contributed by atoms with van der Waals surface area (Å²) in [6.07, 6.45) is 3.85. The number of benzene rings is 1. The van der Waals surface area contributed by atoms with Crippen molar-refractivity contribution in [2.45, 2.75) is 52.1 Å². The van der Waals surface area contributed by atoms with Crippen LogP contribution in [0.2, 0.25) is 0 Å². The maximum Gasteiger partial charge on any atom is 0.126 e. The van der Waals surface area contributed by atoms with E-state index in [1.807, 2.05) is 12.1 Å². The van der Waals surface area contributed by atoms with E-state index in [0.29, 0.717) is 6.04 Å². The summed E-state index contributed by atoms with van der Waals surface area (Å²) in [5.41, 5.74) is 1.77. The predicted octanol–water partition coefficient (Wildman–Crippen LogP) is 3.97. The van der Waals surface area contributed by atoms with Crippen molar-refractivity contribution in [2.24, 2.45) is 5.92 Å². The number of hydrogen-bond acceptors (Lipinski definition) is 1. The molecule has 1 aromatic carbocycles. The molecule has 2 heteroatoms. The molecular weight excluding hydrogens is 213 g/mol. The summed E-state index contributed by atoms with van der Waals surface area (Å²) < 4.78 is 13.5. The third-order valence-corrected chi connectivity index (χ3v) is 3.79. The molecule has 0 amide bonds. The van der Waals surface area contributed by atoms with Gasteiger partial charge in [0.25, 0.3) is 0 Å². The van der Waals surface area contributed by atoms with E-state index in [9.17, 15) is 4.39 Å². The van der Waals surface area contributed by atoms with E-state index >= 15 is 0 Å². The lowest BCUT2D eigenvalue weighted by atomic mass is 10.0. The van der Waals surface area contributed by atoms with Gasteiger partial charge in [-0.1, -0.05) is 19.1 Å². The number of aryl methyl sites for hydroxylation is 1. The average molecular weight is 235 g/mol. The first-order chi connectivity index (χ1) is 8.11. The fourth-order valence-corrected chi connectivity index (χ4v) is 2.38. The normalized spacial score (nSPS) is 19.1. The van der Waals surface area contributed by atoms with Crippen molar-refractivity contribution < 1.29 is 4.39 Å². The van der Waals surface area contributed by atoms with Crippen LogP contribution in [0.15, 0.2) is 18.2 Å². The molecule has 1 nitrogen and oxygen atoms in total. The SMILES string of the molecule is CCC(NC(C)c1ccc(C)c(F)c1)C1CC1. The van der Waals surface area contributed by atoms with Gasteiger partial charge in [0.2, 0.25) is 0 Å². The van der Waals surface area contributed by atoms with Crippen LogP contribution in [0.3, 0.4) is 0 Å². The minimum atomic E-state index is -0.101. The lowest BCUT2D eigenvalue weighted by Crippen LogP contribution is -2.32. The maximum absolute atomic E-state index is 13.5. The third-order valence-electron chi connectivity index (χ3n) is 3.79. The molecule has 1 aliphatic rings. The van der Waals surface area contributed by atoms with Gasteiger partial charge in [-0.3, -0.25) is 0 Å². The highest BCUT2D eigenvalue weighted by Crippen LogP contribution is 2.35. The summed E-state index contributed by atoms with van der Waals surface area (Å²) in [5.74, 6) is 0.744. The Hall–Kier alpha value is -0.890. The first kappa shape index (κ1) is 12.6. The predicted molar refractivity (Wildman–Crippen MR) is 69.5 cm³/mol. The third kappa shape index (κ3) is 3.06. The number of nitrogens with one attached hydrogen (secondary N) is 1. The second-order valence-corrected chi connectivity index (χ2v) is 5.25. The number of rotatable bonds is 5. The van der Waals surface area contributed by atoms with Crippen LogP contribution in [0.5, 0.6) is 0 Å². The van der Waals surface area contributed by atoms with Crippen LogP contribution in [-0.2, 0) is 0 Å². The molecule has 0 radical (unpaired) electrons. The van der Waals surface area contributed by atoms with Crippen LogP contribution in [0.4, 0.5) is 4.39 Å². The molecule has 17 heavy (non-hydrogen) atoms. The molecule has 1 fully saturated rings. The van der Waals surface area contributed by atoms with Gasteiger partial charge in [0, 0.05) is 12.1 Å². The van der Waals surface area contributed by atoms with E-state index in [2.05, 4.69) is 19.2 Å². The molecule has 0 spiro atoms. The first-order valence-electron chi connectivity index (χ1n) is 6.64. The Labute approximate surface area is 103 Å².